The number of hydrogen-bond acceptors (Lipinski definition) is 5. The van der Waals surface area contributed by atoms with Crippen molar-refractivity contribution in [2.24, 2.45) is 0 Å². The molecule has 1 saturated heterocycles. The van der Waals surface area contributed by atoms with Gasteiger partial charge in [0.2, 0.25) is 0 Å². The van der Waals surface area contributed by atoms with Crippen LogP contribution in [0.3, 0.4) is 0 Å². The molecule has 144 valence electrons. The SMILES string of the molecule is Cc1ccc(NC(=O)/C(C#N)=C\N2CCN(C(=O)c3ccco3)CC2)c(C)c1. The van der Waals surface area contributed by atoms with E-state index in [1.807, 2.05) is 43.0 Å². The Morgan fingerprint density at radius 2 is 1.93 bits per heavy atom. The van der Waals surface area contributed by atoms with E-state index in [0.29, 0.717) is 37.6 Å². The fourth-order valence-electron chi connectivity index (χ4n) is 3.07. The van der Waals surface area contributed by atoms with Gasteiger partial charge in [-0.3, -0.25) is 9.59 Å². The van der Waals surface area contributed by atoms with Crippen LogP contribution in [0.4, 0.5) is 5.69 Å². The Morgan fingerprint density at radius 1 is 1.18 bits per heavy atom. The number of rotatable bonds is 4. The molecule has 2 amide bonds. The summed E-state index contributed by atoms with van der Waals surface area (Å²) < 4.78 is 5.15. The minimum absolute atomic E-state index is 0.0331. The number of piperazine rings is 1. The maximum Gasteiger partial charge on any atom is 0.289 e. The van der Waals surface area contributed by atoms with Gasteiger partial charge in [0.25, 0.3) is 11.8 Å². The van der Waals surface area contributed by atoms with Crippen molar-refractivity contribution in [3.63, 3.8) is 0 Å². The lowest BCUT2D eigenvalue weighted by Gasteiger charge is -2.33. The zero-order valence-electron chi connectivity index (χ0n) is 15.9. The first kappa shape index (κ1) is 19.2. The molecule has 0 saturated carbocycles. The molecular weight excluding hydrogens is 356 g/mol. The van der Waals surface area contributed by atoms with Crippen molar-refractivity contribution in [2.45, 2.75) is 13.8 Å². The number of nitrogens with one attached hydrogen (secondary N) is 1. The van der Waals surface area contributed by atoms with Crippen molar-refractivity contribution >= 4 is 17.5 Å². The fourth-order valence-corrected chi connectivity index (χ4v) is 3.07. The number of nitriles is 1. The van der Waals surface area contributed by atoms with Gasteiger partial charge in [0.05, 0.1) is 6.26 Å². The maximum atomic E-state index is 12.5. The molecule has 28 heavy (non-hydrogen) atoms. The number of benzene rings is 1. The van der Waals surface area contributed by atoms with E-state index in [-0.39, 0.29) is 11.5 Å². The number of amides is 2. The number of carbonyl (C=O) groups is 2. The van der Waals surface area contributed by atoms with Crippen molar-refractivity contribution in [1.29, 1.82) is 5.26 Å². The zero-order chi connectivity index (χ0) is 20.1. The molecular formula is C21H22N4O3. The summed E-state index contributed by atoms with van der Waals surface area (Å²) in [4.78, 5) is 28.4. The molecule has 7 heteroatoms. The highest BCUT2D eigenvalue weighted by Gasteiger charge is 2.23. The van der Waals surface area contributed by atoms with E-state index >= 15 is 0 Å². The van der Waals surface area contributed by atoms with E-state index in [1.54, 1.807) is 23.2 Å². The molecule has 1 aromatic heterocycles. The Bertz CT molecular complexity index is 933. The molecule has 0 unspecified atom stereocenters. The predicted molar refractivity (Wildman–Crippen MR) is 104 cm³/mol. The molecule has 3 rings (SSSR count). The van der Waals surface area contributed by atoms with E-state index in [0.717, 1.165) is 11.1 Å². The van der Waals surface area contributed by atoms with Gasteiger partial charge in [-0.1, -0.05) is 17.7 Å². The highest BCUT2D eigenvalue weighted by atomic mass is 16.3. The third kappa shape index (κ3) is 4.41. The highest BCUT2D eigenvalue weighted by molar-refractivity contribution is 6.06. The van der Waals surface area contributed by atoms with Crippen LogP contribution in [-0.2, 0) is 4.79 Å². The van der Waals surface area contributed by atoms with Crippen LogP contribution in [0.2, 0.25) is 0 Å². The van der Waals surface area contributed by atoms with Gasteiger partial charge >= 0.3 is 0 Å². The number of hydrogen-bond donors (Lipinski definition) is 1. The monoisotopic (exact) mass is 378 g/mol. The number of aryl methyl sites for hydroxylation is 2. The number of nitrogens with zero attached hydrogens (tertiary/aromatic N) is 3. The minimum Gasteiger partial charge on any atom is -0.459 e. The van der Waals surface area contributed by atoms with Crippen LogP contribution in [0, 0.1) is 25.2 Å². The van der Waals surface area contributed by atoms with E-state index in [4.69, 9.17) is 4.42 Å². The van der Waals surface area contributed by atoms with Crippen molar-refractivity contribution in [2.75, 3.05) is 31.5 Å². The molecule has 0 bridgehead atoms. The van der Waals surface area contributed by atoms with E-state index in [9.17, 15) is 14.9 Å². The van der Waals surface area contributed by atoms with Crippen molar-refractivity contribution in [1.82, 2.24) is 9.80 Å². The summed E-state index contributed by atoms with van der Waals surface area (Å²) in [6.07, 6.45) is 3.04. The molecule has 1 aromatic carbocycles. The van der Waals surface area contributed by atoms with Gasteiger partial charge in [-0.05, 0) is 37.6 Å². The Kier molecular flexibility index (Phi) is 5.80. The highest BCUT2D eigenvalue weighted by Crippen LogP contribution is 2.17. The number of anilines is 1. The zero-order valence-corrected chi connectivity index (χ0v) is 15.9. The first-order chi connectivity index (χ1) is 13.5. The van der Waals surface area contributed by atoms with Gasteiger partial charge < -0.3 is 19.5 Å². The quantitative estimate of drug-likeness (QED) is 0.653. The molecule has 2 heterocycles. The molecule has 1 fully saturated rings. The molecule has 1 aliphatic rings. The number of furan rings is 1. The Morgan fingerprint density at radius 3 is 2.54 bits per heavy atom. The molecule has 2 aromatic rings. The van der Waals surface area contributed by atoms with Gasteiger partial charge in [0.15, 0.2) is 5.76 Å². The Labute approximate surface area is 163 Å². The normalized spacial score (nSPS) is 14.5. The molecule has 0 atom stereocenters. The molecule has 0 radical (unpaired) electrons. The first-order valence-corrected chi connectivity index (χ1v) is 9.05. The van der Waals surface area contributed by atoms with Crippen LogP contribution in [0.15, 0.2) is 52.8 Å². The van der Waals surface area contributed by atoms with Crippen molar-refractivity contribution in [3.05, 3.63) is 65.3 Å². The third-order valence-corrected chi connectivity index (χ3v) is 4.64. The van der Waals surface area contributed by atoms with Crippen LogP contribution in [0.5, 0.6) is 0 Å². The number of carbonyl (C=O) groups excluding carboxylic acids is 2. The van der Waals surface area contributed by atoms with E-state index in [2.05, 4.69) is 5.32 Å². The van der Waals surface area contributed by atoms with E-state index < -0.39 is 5.91 Å². The topological polar surface area (TPSA) is 89.6 Å². The van der Waals surface area contributed by atoms with Crippen LogP contribution in [-0.4, -0.2) is 47.8 Å². The van der Waals surface area contributed by atoms with Gasteiger partial charge in [0, 0.05) is 38.1 Å². The molecule has 7 nitrogen and oxygen atoms in total. The summed E-state index contributed by atoms with van der Waals surface area (Å²) in [6.45, 7) is 5.95. The summed E-state index contributed by atoms with van der Waals surface area (Å²) in [5, 5.41) is 12.2. The smallest absolute Gasteiger partial charge is 0.289 e. The molecule has 0 aliphatic carbocycles. The summed E-state index contributed by atoms with van der Waals surface area (Å²) in [5.74, 6) is -0.278. The predicted octanol–water partition coefficient (Wildman–Crippen LogP) is 2.70. The lowest BCUT2D eigenvalue weighted by Crippen LogP contribution is -2.47. The average Bonchev–Trinajstić information content (AvgIpc) is 3.23. The first-order valence-electron chi connectivity index (χ1n) is 9.05. The van der Waals surface area contributed by atoms with Gasteiger partial charge in [-0.2, -0.15) is 5.26 Å². The standard InChI is InChI=1S/C21H22N4O3/c1-15-5-6-18(16(2)12-15)23-20(26)17(13-22)14-24-7-9-25(10-8-24)21(27)19-4-3-11-28-19/h3-6,11-12,14H,7-10H2,1-2H3,(H,23,26)/b17-14-. The second kappa shape index (κ2) is 8.44. The average molecular weight is 378 g/mol. The fraction of sp³-hybridized carbons (Fsp3) is 0.286. The van der Waals surface area contributed by atoms with Crippen LogP contribution < -0.4 is 5.32 Å². The largest absolute Gasteiger partial charge is 0.459 e. The second-order valence-electron chi connectivity index (χ2n) is 6.73. The van der Waals surface area contributed by atoms with Crippen LogP contribution in [0.25, 0.3) is 0 Å². The van der Waals surface area contributed by atoms with Gasteiger partial charge in [-0.15, -0.1) is 0 Å². The third-order valence-electron chi connectivity index (χ3n) is 4.64. The maximum absolute atomic E-state index is 12.5. The molecule has 1 aliphatic heterocycles. The van der Waals surface area contributed by atoms with Crippen molar-refractivity contribution < 1.29 is 14.0 Å². The second-order valence-corrected chi connectivity index (χ2v) is 6.73. The Balaban J connectivity index is 1.61. The minimum atomic E-state index is -0.441. The van der Waals surface area contributed by atoms with Crippen LogP contribution >= 0.6 is 0 Å². The molecule has 0 spiro atoms. The Hall–Kier alpha value is -3.53. The molecule has 1 N–H and O–H groups in total. The summed E-state index contributed by atoms with van der Waals surface area (Å²) in [6, 6.07) is 11.0. The summed E-state index contributed by atoms with van der Waals surface area (Å²) >= 11 is 0. The van der Waals surface area contributed by atoms with Gasteiger partial charge in [0.1, 0.15) is 11.6 Å². The van der Waals surface area contributed by atoms with Crippen molar-refractivity contribution in [3.8, 4) is 6.07 Å². The van der Waals surface area contributed by atoms with Crippen LogP contribution in [0.1, 0.15) is 21.7 Å². The van der Waals surface area contributed by atoms with E-state index in [1.165, 1.54) is 6.26 Å². The van der Waals surface area contributed by atoms with Gasteiger partial charge in [-0.25, -0.2) is 0 Å². The lowest BCUT2D eigenvalue weighted by molar-refractivity contribution is -0.112. The summed E-state index contributed by atoms with van der Waals surface area (Å²) in [7, 11) is 0. The summed E-state index contributed by atoms with van der Waals surface area (Å²) in [5.41, 5.74) is 2.76. The lowest BCUT2D eigenvalue weighted by atomic mass is 10.1.